The number of epoxide rings is 1. The first kappa shape index (κ1) is 8.14. The Morgan fingerprint density at radius 3 is 2.33 bits per heavy atom. The molecular weight excluding hydrogens is 168 g/mol. The van der Waals surface area contributed by atoms with Gasteiger partial charge in [-0.25, -0.2) is 0 Å². The second-order valence-corrected chi connectivity index (χ2v) is 4.62. The summed E-state index contributed by atoms with van der Waals surface area (Å²) in [5.74, 6) is 0. The van der Waals surface area contributed by atoms with E-state index in [0.717, 1.165) is 0 Å². The van der Waals surface area contributed by atoms with E-state index in [0.29, 0.717) is 5.44 Å². The molecule has 1 saturated heterocycles. The van der Waals surface area contributed by atoms with E-state index in [1.165, 1.54) is 4.90 Å². The summed E-state index contributed by atoms with van der Waals surface area (Å²) < 4.78 is 5.47. The lowest BCUT2D eigenvalue weighted by Crippen LogP contribution is -1.98. The molecule has 0 bridgehead atoms. The van der Waals surface area contributed by atoms with Gasteiger partial charge in [0.2, 0.25) is 0 Å². The molecule has 0 saturated carbocycles. The third kappa shape index (κ3) is 1.65. The molecule has 0 N–H and O–H groups in total. The van der Waals surface area contributed by atoms with Gasteiger partial charge >= 0.3 is 0 Å². The third-order valence-corrected chi connectivity index (χ3v) is 3.33. The summed E-state index contributed by atoms with van der Waals surface area (Å²) in [5.41, 5.74) is 0.431. The van der Waals surface area contributed by atoms with Gasteiger partial charge in [0, 0.05) is 4.90 Å². The minimum Gasteiger partial charge on any atom is -0.355 e. The molecule has 1 fully saturated rings. The van der Waals surface area contributed by atoms with Crippen LogP contribution in [-0.2, 0) is 4.74 Å². The second kappa shape index (κ2) is 2.79. The van der Waals surface area contributed by atoms with Crippen LogP contribution in [-0.4, -0.2) is 11.0 Å². The Kier molecular flexibility index (Phi) is 1.89. The molecule has 1 aromatic rings. The summed E-state index contributed by atoms with van der Waals surface area (Å²) in [6.07, 6.45) is 0. The summed E-state index contributed by atoms with van der Waals surface area (Å²) in [7, 11) is 0. The highest BCUT2D eigenvalue weighted by molar-refractivity contribution is 8.00. The van der Waals surface area contributed by atoms with Crippen molar-refractivity contribution in [3.05, 3.63) is 30.3 Å². The maximum Gasteiger partial charge on any atom is 0.137 e. The Morgan fingerprint density at radius 1 is 1.25 bits per heavy atom. The number of benzene rings is 1. The highest BCUT2D eigenvalue weighted by atomic mass is 32.2. The first-order chi connectivity index (χ1) is 5.68. The van der Waals surface area contributed by atoms with Crippen molar-refractivity contribution in [3.63, 3.8) is 0 Å². The van der Waals surface area contributed by atoms with Crippen LogP contribution >= 0.6 is 11.8 Å². The van der Waals surface area contributed by atoms with E-state index in [1.807, 2.05) is 6.07 Å². The van der Waals surface area contributed by atoms with Crippen LogP contribution in [0.15, 0.2) is 35.2 Å². The summed E-state index contributed by atoms with van der Waals surface area (Å²) >= 11 is 1.79. The van der Waals surface area contributed by atoms with Crippen LogP contribution in [0.3, 0.4) is 0 Å². The molecule has 0 spiro atoms. The van der Waals surface area contributed by atoms with Gasteiger partial charge in [0.25, 0.3) is 0 Å². The molecule has 1 nitrogen and oxygen atoms in total. The highest BCUT2D eigenvalue weighted by Crippen LogP contribution is 2.46. The number of ether oxygens (including phenoxy) is 1. The predicted octanol–water partition coefficient (Wildman–Crippen LogP) is 2.91. The fourth-order valence-electron chi connectivity index (χ4n) is 1.03. The normalized spacial score (nSPS) is 25.3. The smallest absolute Gasteiger partial charge is 0.137 e. The van der Waals surface area contributed by atoms with Crippen molar-refractivity contribution < 1.29 is 4.74 Å². The van der Waals surface area contributed by atoms with E-state index >= 15 is 0 Å². The Bertz CT molecular complexity index is 268. The molecule has 0 radical (unpaired) electrons. The zero-order valence-corrected chi connectivity index (χ0v) is 8.10. The average molecular weight is 180 g/mol. The van der Waals surface area contributed by atoms with E-state index in [1.54, 1.807) is 11.8 Å². The molecule has 64 valence electrons. The number of hydrogen-bond donors (Lipinski definition) is 0. The molecule has 2 heteroatoms. The van der Waals surface area contributed by atoms with E-state index in [-0.39, 0.29) is 5.60 Å². The Labute approximate surface area is 77.1 Å². The molecular formula is C10H12OS. The van der Waals surface area contributed by atoms with Crippen molar-refractivity contribution in [1.82, 2.24) is 0 Å². The molecule has 0 aliphatic carbocycles. The van der Waals surface area contributed by atoms with Crippen LogP contribution in [0.4, 0.5) is 0 Å². The highest BCUT2D eigenvalue weighted by Gasteiger charge is 2.48. The van der Waals surface area contributed by atoms with Crippen molar-refractivity contribution >= 4 is 11.8 Å². The zero-order chi connectivity index (χ0) is 8.60. The van der Waals surface area contributed by atoms with Gasteiger partial charge in [0.1, 0.15) is 11.0 Å². The van der Waals surface area contributed by atoms with Crippen molar-refractivity contribution in [2.45, 2.75) is 29.8 Å². The van der Waals surface area contributed by atoms with Crippen LogP contribution in [0.2, 0.25) is 0 Å². The molecule has 2 rings (SSSR count). The summed E-state index contributed by atoms with van der Waals surface area (Å²) in [4.78, 5) is 1.29. The van der Waals surface area contributed by atoms with Crippen LogP contribution in [0, 0.1) is 0 Å². The number of thioether (sulfide) groups is 1. The van der Waals surface area contributed by atoms with Crippen molar-refractivity contribution in [1.29, 1.82) is 0 Å². The lowest BCUT2D eigenvalue weighted by atomic mass is 10.3. The Morgan fingerprint density at radius 2 is 1.83 bits per heavy atom. The van der Waals surface area contributed by atoms with Gasteiger partial charge < -0.3 is 4.74 Å². The van der Waals surface area contributed by atoms with E-state index in [2.05, 4.69) is 38.1 Å². The largest absolute Gasteiger partial charge is 0.355 e. The first-order valence-electron chi connectivity index (χ1n) is 4.08. The molecule has 1 aliphatic rings. The Hall–Kier alpha value is -0.470. The zero-order valence-electron chi connectivity index (χ0n) is 7.28. The third-order valence-electron chi connectivity index (χ3n) is 1.91. The summed E-state index contributed by atoms with van der Waals surface area (Å²) in [6.45, 7) is 4.24. The lowest BCUT2D eigenvalue weighted by molar-refractivity contribution is 0.339. The molecule has 1 unspecified atom stereocenters. The van der Waals surface area contributed by atoms with Crippen LogP contribution in [0.1, 0.15) is 13.8 Å². The van der Waals surface area contributed by atoms with Gasteiger partial charge in [-0.3, -0.25) is 0 Å². The van der Waals surface area contributed by atoms with E-state index in [9.17, 15) is 0 Å². The SMILES string of the molecule is CC1(C)OC1Sc1ccccc1. The minimum absolute atomic E-state index is 0.0838. The topological polar surface area (TPSA) is 12.5 Å². The first-order valence-corrected chi connectivity index (χ1v) is 4.96. The van der Waals surface area contributed by atoms with Gasteiger partial charge in [-0.2, -0.15) is 0 Å². The fourth-order valence-corrected chi connectivity index (χ4v) is 2.17. The lowest BCUT2D eigenvalue weighted by Gasteiger charge is -1.97. The van der Waals surface area contributed by atoms with Crippen molar-refractivity contribution in [2.24, 2.45) is 0 Å². The van der Waals surface area contributed by atoms with Gasteiger partial charge in [0.05, 0.1) is 0 Å². The van der Waals surface area contributed by atoms with Crippen LogP contribution in [0.5, 0.6) is 0 Å². The Balaban J connectivity index is 1.98. The monoisotopic (exact) mass is 180 g/mol. The molecule has 1 heterocycles. The van der Waals surface area contributed by atoms with Gasteiger partial charge in [-0.05, 0) is 26.0 Å². The second-order valence-electron chi connectivity index (χ2n) is 3.48. The maximum atomic E-state index is 5.47. The van der Waals surface area contributed by atoms with Gasteiger partial charge in [-0.1, -0.05) is 30.0 Å². The molecule has 12 heavy (non-hydrogen) atoms. The van der Waals surface area contributed by atoms with Gasteiger partial charge in [0.15, 0.2) is 0 Å². The molecule has 0 amide bonds. The summed E-state index contributed by atoms with van der Waals surface area (Å²) in [5, 5.41) is 0. The van der Waals surface area contributed by atoms with Gasteiger partial charge in [-0.15, -0.1) is 0 Å². The predicted molar refractivity (Wildman–Crippen MR) is 51.3 cm³/mol. The molecule has 1 atom stereocenters. The quantitative estimate of drug-likeness (QED) is 0.649. The van der Waals surface area contributed by atoms with Crippen molar-refractivity contribution in [3.8, 4) is 0 Å². The fraction of sp³-hybridized carbons (Fsp3) is 0.400. The minimum atomic E-state index is 0.0838. The maximum absolute atomic E-state index is 5.47. The van der Waals surface area contributed by atoms with Crippen LogP contribution < -0.4 is 0 Å². The van der Waals surface area contributed by atoms with E-state index < -0.39 is 0 Å². The number of hydrogen-bond acceptors (Lipinski definition) is 2. The van der Waals surface area contributed by atoms with E-state index in [4.69, 9.17) is 4.74 Å². The molecule has 1 aliphatic heterocycles. The standard InChI is InChI=1S/C10H12OS/c1-10(2)9(11-10)12-8-6-4-3-5-7-8/h3-7,9H,1-2H3. The summed E-state index contributed by atoms with van der Waals surface area (Å²) in [6, 6.07) is 10.4. The number of rotatable bonds is 2. The van der Waals surface area contributed by atoms with Crippen LogP contribution in [0.25, 0.3) is 0 Å². The molecule has 1 aromatic carbocycles. The van der Waals surface area contributed by atoms with Crippen molar-refractivity contribution in [2.75, 3.05) is 0 Å². The molecule has 0 aromatic heterocycles. The average Bonchev–Trinajstić information content (AvgIpc) is 2.61.